The van der Waals surface area contributed by atoms with E-state index in [1.165, 1.54) is 30.5 Å². The van der Waals surface area contributed by atoms with Crippen LogP contribution in [0.5, 0.6) is 0 Å². The van der Waals surface area contributed by atoms with Gasteiger partial charge in [0.05, 0.1) is 33.6 Å². The summed E-state index contributed by atoms with van der Waals surface area (Å²) in [6, 6.07) is 18.2. The van der Waals surface area contributed by atoms with Crippen molar-refractivity contribution in [1.29, 1.82) is 0 Å². The highest BCUT2D eigenvalue weighted by Crippen LogP contribution is 2.34. The molecule has 0 aliphatic heterocycles. The first kappa shape index (κ1) is 26.1. The molecule has 2 aromatic heterocycles. The Bertz CT molecular complexity index is 1770. The van der Waals surface area contributed by atoms with Gasteiger partial charge in [-0.25, -0.2) is 9.59 Å². The molecule has 3 aromatic carbocycles. The third-order valence-electron chi connectivity index (χ3n) is 6.44. The summed E-state index contributed by atoms with van der Waals surface area (Å²) in [7, 11) is 0. The van der Waals surface area contributed by atoms with Crippen LogP contribution in [0, 0.1) is 13.8 Å². The van der Waals surface area contributed by atoms with E-state index in [2.05, 4.69) is 20.8 Å². The Hall–Kier alpha value is -5.51. The first-order chi connectivity index (χ1) is 19.2. The maximum absolute atomic E-state index is 13.4. The summed E-state index contributed by atoms with van der Waals surface area (Å²) in [6.07, 6.45) is 1.45. The van der Waals surface area contributed by atoms with Crippen molar-refractivity contribution >= 4 is 40.1 Å². The number of nitrogens with one attached hydrogen (secondary N) is 2. The topological polar surface area (TPSA) is 155 Å². The molecule has 5 aromatic rings. The Kier molecular flexibility index (Phi) is 6.98. The molecule has 0 spiro atoms. The number of nitrogens with zero attached hydrogens (tertiary/aromatic N) is 2. The second-order valence-corrected chi connectivity index (χ2v) is 9.18. The van der Waals surface area contributed by atoms with E-state index in [4.69, 9.17) is 4.52 Å². The van der Waals surface area contributed by atoms with E-state index in [-0.39, 0.29) is 23.2 Å². The quantitative estimate of drug-likeness (QED) is 0.199. The van der Waals surface area contributed by atoms with Gasteiger partial charge in [-0.05, 0) is 61.4 Å². The van der Waals surface area contributed by atoms with Crippen molar-refractivity contribution in [2.24, 2.45) is 0 Å². The van der Waals surface area contributed by atoms with E-state index in [1.54, 1.807) is 24.3 Å². The van der Waals surface area contributed by atoms with Crippen molar-refractivity contribution in [2.75, 3.05) is 5.32 Å². The fraction of sp³-hybridized carbons (Fsp3) is 0.100. The predicted molar refractivity (Wildman–Crippen MR) is 148 cm³/mol. The van der Waals surface area contributed by atoms with Gasteiger partial charge in [0.25, 0.3) is 5.91 Å². The number of carboxylic acid groups (broad SMARTS) is 2. The van der Waals surface area contributed by atoms with Gasteiger partial charge in [0.1, 0.15) is 5.76 Å². The third-order valence-corrected chi connectivity index (χ3v) is 6.44. The standard InChI is InChI=1S/C30H24N4O6/c1-16-26(17(2)40-34-16)19-9-10-23-25(13-19)31-15-24(27(23)33-22-8-4-7-21(12-22)30(38)39)28(35)32-14-18-5-3-6-20(11-18)29(36)37/h3-13,15H,14H2,1-2H3,(H,31,33)(H,32,35)(H,36,37)(H,38,39). The van der Waals surface area contributed by atoms with Crippen molar-refractivity contribution in [1.82, 2.24) is 15.5 Å². The second kappa shape index (κ2) is 10.7. The molecule has 0 aliphatic carbocycles. The third kappa shape index (κ3) is 5.23. The van der Waals surface area contributed by atoms with Crippen LogP contribution in [0.1, 0.15) is 48.1 Å². The number of benzene rings is 3. The molecular formula is C30H24N4O6. The molecule has 4 N–H and O–H groups in total. The van der Waals surface area contributed by atoms with E-state index in [0.717, 1.165) is 16.8 Å². The van der Waals surface area contributed by atoms with Gasteiger partial charge in [-0.1, -0.05) is 35.5 Å². The number of carbonyl (C=O) groups excluding carboxylic acids is 1. The minimum absolute atomic E-state index is 0.0911. The van der Waals surface area contributed by atoms with Crippen LogP contribution in [0.4, 0.5) is 11.4 Å². The summed E-state index contributed by atoms with van der Waals surface area (Å²) in [5.74, 6) is -1.91. The predicted octanol–water partition coefficient (Wildman–Crippen LogP) is 5.58. The highest BCUT2D eigenvalue weighted by atomic mass is 16.5. The number of aryl methyl sites for hydroxylation is 2. The molecule has 5 rings (SSSR count). The lowest BCUT2D eigenvalue weighted by atomic mass is 10.0. The summed E-state index contributed by atoms with van der Waals surface area (Å²) in [6.45, 7) is 3.78. The van der Waals surface area contributed by atoms with Gasteiger partial charge in [0.2, 0.25) is 0 Å². The number of aromatic nitrogens is 2. The largest absolute Gasteiger partial charge is 0.478 e. The SMILES string of the molecule is Cc1noc(C)c1-c1ccc2c(Nc3cccc(C(=O)O)c3)c(C(=O)NCc3cccc(C(=O)O)c3)cnc2c1. The van der Waals surface area contributed by atoms with Gasteiger partial charge in [-0.2, -0.15) is 0 Å². The van der Waals surface area contributed by atoms with Crippen LogP contribution in [0.3, 0.4) is 0 Å². The molecule has 0 saturated heterocycles. The van der Waals surface area contributed by atoms with Gasteiger partial charge in [0, 0.05) is 29.4 Å². The number of hydrogen-bond acceptors (Lipinski definition) is 7. The number of amides is 1. The van der Waals surface area contributed by atoms with Gasteiger partial charge in [0.15, 0.2) is 0 Å². The molecule has 0 radical (unpaired) electrons. The number of rotatable bonds is 8. The number of carbonyl (C=O) groups is 3. The smallest absolute Gasteiger partial charge is 0.335 e. The van der Waals surface area contributed by atoms with Crippen LogP contribution in [0.25, 0.3) is 22.0 Å². The Morgan fingerprint density at radius 3 is 2.33 bits per heavy atom. The minimum atomic E-state index is -1.08. The van der Waals surface area contributed by atoms with Crippen molar-refractivity contribution in [2.45, 2.75) is 20.4 Å². The lowest BCUT2D eigenvalue weighted by Crippen LogP contribution is -2.24. The van der Waals surface area contributed by atoms with Crippen LogP contribution < -0.4 is 10.6 Å². The van der Waals surface area contributed by atoms with Crippen molar-refractivity contribution in [3.63, 3.8) is 0 Å². The molecule has 0 atom stereocenters. The van der Waals surface area contributed by atoms with Gasteiger partial charge in [-0.15, -0.1) is 0 Å². The second-order valence-electron chi connectivity index (χ2n) is 9.18. The molecule has 10 heteroatoms. The van der Waals surface area contributed by atoms with E-state index in [9.17, 15) is 24.6 Å². The Morgan fingerprint density at radius 1 is 0.900 bits per heavy atom. The van der Waals surface area contributed by atoms with Crippen LogP contribution in [0.2, 0.25) is 0 Å². The maximum atomic E-state index is 13.4. The Balaban J connectivity index is 1.55. The number of hydrogen-bond donors (Lipinski definition) is 4. The zero-order chi connectivity index (χ0) is 28.4. The number of fused-ring (bicyclic) bond motifs is 1. The molecule has 10 nitrogen and oxygen atoms in total. The highest BCUT2D eigenvalue weighted by molar-refractivity contribution is 6.08. The van der Waals surface area contributed by atoms with Crippen LogP contribution >= 0.6 is 0 Å². The molecule has 0 bridgehead atoms. The molecule has 0 saturated carbocycles. The number of pyridine rings is 1. The molecule has 0 aliphatic rings. The lowest BCUT2D eigenvalue weighted by Gasteiger charge is -2.16. The molecule has 40 heavy (non-hydrogen) atoms. The van der Waals surface area contributed by atoms with E-state index in [0.29, 0.717) is 33.6 Å². The summed E-state index contributed by atoms with van der Waals surface area (Å²) >= 11 is 0. The summed E-state index contributed by atoms with van der Waals surface area (Å²) in [5.41, 5.74) is 5.02. The fourth-order valence-electron chi connectivity index (χ4n) is 4.52. The molecule has 0 unspecified atom stereocenters. The van der Waals surface area contributed by atoms with Crippen molar-refractivity contribution in [3.8, 4) is 11.1 Å². The number of anilines is 2. The molecular weight excluding hydrogens is 512 g/mol. The first-order valence-electron chi connectivity index (χ1n) is 12.3. The van der Waals surface area contributed by atoms with Crippen LogP contribution in [-0.2, 0) is 6.54 Å². The van der Waals surface area contributed by atoms with Crippen LogP contribution in [-0.4, -0.2) is 38.2 Å². The number of carboxylic acids is 2. The lowest BCUT2D eigenvalue weighted by molar-refractivity contribution is 0.0686. The minimum Gasteiger partial charge on any atom is -0.478 e. The summed E-state index contributed by atoms with van der Waals surface area (Å²) < 4.78 is 5.31. The van der Waals surface area contributed by atoms with E-state index >= 15 is 0 Å². The van der Waals surface area contributed by atoms with Gasteiger partial charge < -0.3 is 25.4 Å². The first-order valence-corrected chi connectivity index (χ1v) is 12.3. The average Bonchev–Trinajstić information content (AvgIpc) is 3.29. The van der Waals surface area contributed by atoms with E-state index < -0.39 is 17.8 Å². The zero-order valence-corrected chi connectivity index (χ0v) is 21.6. The van der Waals surface area contributed by atoms with Gasteiger partial charge >= 0.3 is 11.9 Å². The highest BCUT2D eigenvalue weighted by Gasteiger charge is 2.19. The summed E-state index contributed by atoms with van der Waals surface area (Å²) in [4.78, 5) is 40.8. The van der Waals surface area contributed by atoms with Crippen molar-refractivity contribution in [3.05, 3.63) is 107 Å². The maximum Gasteiger partial charge on any atom is 0.335 e. The fourth-order valence-corrected chi connectivity index (χ4v) is 4.52. The van der Waals surface area contributed by atoms with Gasteiger partial charge in [-0.3, -0.25) is 9.78 Å². The molecule has 2 heterocycles. The number of aromatic carboxylic acids is 2. The average molecular weight is 537 g/mol. The molecule has 0 fully saturated rings. The molecule has 1 amide bonds. The Morgan fingerprint density at radius 2 is 1.62 bits per heavy atom. The zero-order valence-electron chi connectivity index (χ0n) is 21.6. The molecule has 200 valence electrons. The monoisotopic (exact) mass is 536 g/mol. The van der Waals surface area contributed by atoms with E-state index in [1.807, 2.05) is 32.0 Å². The van der Waals surface area contributed by atoms with Crippen LogP contribution in [0.15, 0.2) is 77.4 Å². The normalized spacial score (nSPS) is 10.8. The Labute approximate surface area is 228 Å². The summed E-state index contributed by atoms with van der Waals surface area (Å²) in [5, 5.41) is 29.4. The van der Waals surface area contributed by atoms with Crippen molar-refractivity contribution < 1.29 is 29.1 Å².